The van der Waals surface area contributed by atoms with Crippen LogP contribution >= 0.6 is 11.3 Å². The van der Waals surface area contributed by atoms with E-state index < -0.39 is 11.5 Å². The first-order chi connectivity index (χ1) is 14.8. The zero-order valence-electron chi connectivity index (χ0n) is 17.9. The number of carbonyl (C=O) groups is 1. The fourth-order valence-electron chi connectivity index (χ4n) is 3.78. The van der Waals surface area contributed by atoms with Crippen molar-refractivity contribution in [2.24, 2.45) is 13.0 Å². The number of thiophene rings is 1. The number of carbonyl (C=O) groups excluding carboxylic acids is 1. The maximum absolute atomic E-state index is 13.1. The van der Waals surface area contributed by atoms with Crippen molar-refractivity contribution in [2.45, 2.75) is 33.7 Å². The van der Waals surface area contributed by atoms with Gasteiger partial charge < -0.3 is 9.72 Å². The van der Waals surface area contributed by atoms with E-state index in [-0.39, 0.29) is 29.2 Å². The molecule has 0 aliphatic carbocycles. The van der Waals surface area contributed by atoms with Crippen LogP contribution in [-0.2, 0) is 24.8 Å². The topological polar surface area (TPSA) is 99.0 Å². The summed E-state index contributed by atoms with van der Waals surface area (Å²) in [5.74, 6) is -0.358. The van der Waals surface area contributed by atoms with E-state index in [4.69, 9.17) is 4.74 Å². The highest BCUT2D eigenvalue weighted by Crippen LogP contribution is 2.33. The van der Waals surface area contributed by atoms with Crippen LogP contribution in [0.2, 0.25) is 0 Å². The molecule has 0 spiro atoms. The van der Waals surface area contributed by atoms with Gasteiger partial charge in [0.05, 0.1) is 17.6 Å². The lowest BCUT2D eigenvalue weighted by atomic mass is 10.1. The molecule has 8 nitrogen and oxygen atoms in total. The minimum Gasteiger partial charge on any atom is -0.462 e. The van der Waals surface area contributed by atoms with Crippen LogP contribution in [0.15, 0.2) is 34.1 Å². The first-order valence-corrected chi connectivity index (χ1v) is 11.0. The van der Waals surface area contributed by atoms with Crippen molar-refractivity contribution in [3.8, 4) is 0 Å². The van der Waals surface area contributed by atoms with Gasteiger partial charge in [-0.15, -0.1) is 11.3 Å². The van der Waals surface area contributed by atoms with Crippen LogP contribution in [0, 0.1) is 5.92 Å². The molecule has 0 bridgehead atoms. The van der Waals surface area contributed by atoms with E-state index in [1.807, 2.05) is 32.2 Å². The van der Waals surface area contributed by atoms with Crippen LogP contribution < -0.4 is 11.2 Å². The van der Waals surface area contributed by atoms with Gasteiger partial charge in [-0.05, 0) is 30.5 Å². The van der Waals surface area contributed by atoms with Crippen LogP contribution in [-0.4, -0.2) is 31.7 Å². The molecule has 4 aromatic rings. The van der Waals surface area contributed by atoms with Gasteiger partial charge >= 0.3 is 11.7 Å². The molecule has 0 atom stereocenters. The monoisotopic (exact) mass is 440 g/mol. The van der Waals surface area contributed by atoms with Crippen LogP contribution in [0.1, 0.15) is 41.6 Å². The minimum atomic E-state index is -0.548. The summed E-state index contributed by atoms with van der Waals surface area (Å²) in [5, 5.41) is 1.20. The largest absolute Gasteiger partial charge is 0.462 e. The van der Waals surface area contributed by atoms with Gasteiger partial charge in [0.25, 0.3) is 5.56 Å². The van der Waals surface area contributed by atoms with Gasteiger partial charge in [0.1, 0.15) is 10.5 Å². The minimum absolute atomic E-state index is 0.190. The first-order valence-electron chi connectivity index (χ1n) is 10.2. The fourth-order valence-corrected chi connectivity index (χ4v) is 5.08. The quantitative estimate of drug-likeness (QED) is 0.465. The molecule has 4 heterocycles. The molecule has 0 aliphatic heterocycles. The Hall–Kier alpha value is -3.20. The Balaban J connectivity index is 2.01. The number of rotatable bonds is 6. The highest BCUT2D eigenvalue weighted by atomic mass is 32.1. The molecular formula is C22H24N4O4S. The number of H-pyrrole nitrogens is 1. The Morgan fingerprint density at radius 1 is 1.32 bits per heavy atom. The summed E-state index contributed by atoms with van der Waals surface area (Å²) in [7, 11) is 1.44. The van der Waals surface area contributed by atoms with E-state index in [9.17, 15) is 14.4 Å². The molecule has 0 fully saturated rings. The summed E-state index contributed by atoms with van der Waals surface area (Å²) >= 11 is 1.31. The van der Waals surface area contributed by atoms with Crippen molar-refractivity contribution in [1.82, 2.24) is 19.1 Å². The number of aromatic amines is 1. The second-order valence-electron chi connectivity index (χ2n) is 7.84. The van der Waals surface area contributed by atoms with Crippen LogP contribution in [0.5, 0.6) is 0 Å². The lowest BCUT2D eigenvalue weighted by molar-refractivity contribution is 0.0528. The van der Waals surface area contributed by atoms with E-state index in [0.717, 1.165) is 21.2 Å². The van der Waals surface area contributed by atoms with Gasteiger partial charge in [-0.3, -0.25) is 13.9 Å². The first kappa shape index (κ1) is 21.0. The Kier molecular flexibility index (Phi) is 5.53. The molecule has 0 saturated carbocycles. The van der Waals surface area contributed by atoms with Crippen molar-refractivity contribution < 1.29 is 9.53 Å². The summed E-state index contributed by atoms with van der Waals surface area (Å²) in [6.07, 6.45) is 3.98. The van der Waals surface area contributed by atoms with Crippen molar-refractivity contribution in [1.29, 1.82) is 0 Å². The van der Waals surface area contributed by atoms with Gasteiger partial charge in [0.15, 0.2) is 0 Å². The molecule has 0 aromatic carbocycles. The molecule has 0 unspecified atom stereocenters. The van der Waals surface area contributed by atoms with Gasteiger partial charge in [0, 0.05) is 42.7 Å². The predicted molar refractivity (Wildman–Crippen MR) is 121 cm³/mol. The zero-order chi connectivity index (χ0) is 22.3. The summed E-state index contributed by atoms with van der Waals surface area (Å²) < 4.78 is 7.96. The van der Waals surface area contributed by atoms with Crippen LogP contribution in [0.25, 0.3) is 21.3 Å². The highest BCUT2D eigenvalue weighted by Gasteiger charge is 2.27. The summed E-state index contributed by atoms with van der Waals surface area (Å²) in [6.45, 7) is 6.37. The molecule has 31 heavy (non-hydrogen) atoms. The third-order valence-electron chi connectivity index (χ3n) is 5.16. The molecule has 1 N–H and O–H groups in total. The lowest BCUT2D eigenvalue weighted by Gasteiger charge is -2.11. The molecular weight excluding hydrogens is 416 g/mol. The molecule has 162 valence electrons. The van der Waals surface area contributed by atoms with Crippen LogP contribution in [0.3, 0.4) is 0 Å². The Bertz CT molecular complexity index is 1410. The number of fused-ring (bicyclic) bond motifs is 2. The maximum Gasteiger partial charge on any atom is 0.340 e. The van der Waals surface area contributed by atoms with Crippen molar-refractivity contribution >= 4 is 38.6 Å². The van der Waals surface area contributed by atoms with E-state index in [1.54, 1.807) is 17.7 Å². The SMILES string of the molecule is CCOC(=O)c1c(Cc2c[nH]c3ncccc23)sc2c1c(=O)n(C)c(=O)n2CC(C)C. The number of nitrogens with zero attached hydrogens (tertiary/aromatic N) is 3. The van der Waals surface area contributed by atoms with Crippen molar-refractivity contribution in [3.05, 3.63) is 61.4 Å². The van der Waals surface area contributed by atoms with Gasteiger partial charge in [0.2, 0.25) is 0 Å². The maximum atomic E-state index is 13.1. The number of pyridine rings is 1. The number of nitrogens with one attached hydrogen (secondary N) is 1. The van der Waals surface area contributed by atoms with Crippen molar-refractivity contribution in [2.75, 3.05) is 6.61 Å². The molecule has 0 radical (unpaired) electrons. The Morgan fingerprint density at radius 2 is 2.10 bits per heavy atom. The number of esters is 1. The summed E-state index contributed by atoms with van der Waals surface area (Å²) in [6, 6.07) is 3.81. The van der Waals surface area contributed by atoms with Gasteiger partial charge in [-0.25, -0.2) is 14.6 Å². The molecule has 0 amide bonds. The number of hydrogen-bond acceptors (Lipinski definition) is 6. The zero-order valence-corrected chi connectivity index (χ0v) is 18.7. The average Bonchev–Trinajstić information content (AvgIpc) is 3.32. The normalized spacial score (nSPS) is 11.6. The lowest BCUT2D eigenvalue weighted by Crippen LogP contribution is -2.38. The second kappa shape index (κ2) is 8.14. The fraction of sp³-hybridized carbons (Fsp3) is 0.364. The van der Waals surface area contributed by atoms with E-state index in [2.05, 4.69) is 9.97 Å². The average molecular weight is 441 g/mol. The summed E-state index contributed by atoms with van der Waals surface area (Å²) in [5.41, 5.74) is 1.09. The Labute approximate surface area is 182 Å². The van der Waals surface area contributed by atoms with Gasteiger partial charge in [-0.1, -0.05) is 13.8 Å². The predicted octanol–water partition coefficient (Wildman–Crippen LogP) is 3.06. The second-order valence-corrected chi connectivity index (χ2v) is 8.93. The standard InChI is InChI=1S/C22H24N4O4S/c1-5-30-21(28)16-15(9-13-10-24-18-14(13)7-6-8-23-18)31-20-17(16)19(27)25(4)22(29)26(20)11-12(2)3/h6-8,10,12H,5,9,11H2,1-4H3,(H,23,24). The number of aromatic nitrogens is 4. The molecule has 4 rings (SSSR count). The third-order valence-corrected chi connectivity index (χ3v) is 6.37. The number of ether oxygens (including phenoxy) is 1. The molecule has 4 aromatic heterocycles. The van der Waals surface area contributed by atoms with E-state index in [1.165, 1.54) is 18.4 Å². The smallest absolute Gasteiger partial charge is 0.340 e. The summed E-state index contributed by atoms with van der Waals surface area (Å²) in [4.78, 5) is 47.5. The highest BCUT2D eigenvalue weighted by molar-refractivity contribution is 7.19. The third kappa shape index (κ3) is 3.59. The molecule has 0 aliphatic rings. The van der Waals surface area contributed by atoms with Crippen LogP contribution in [0.4, 0.5) is 0 Å². The Morgan fingerprint density at radius 3 is 2.81 bits per heavy atom. The van der Waals surface area contributed by atoms with E-state index in [0.29, 0.717) is 22.7 Å². The van der Waals surface area contributed by atoms with Crippen molar-refractivity contribution in [3.63, 3.8) is 0 Å². The molecule has 0 saturated heterocycles. The number of hydrogen-bond donors (Lipinski definition) is 1. The van der Waals surface area contributed by atoms with Gasteiger partial charge in [-0.2, -0.15) is 0 Å². The molecule has 9 heteroatoms. The van der Waals surface area contributed by atoms with E-state index >= 15 is 0 Å².